The number of amides is 4. The molecule has 1 aromatic carbocycles. The minimum Gasteiger partial charge on any atom is -0.348 e. The average Bonchev–Trinajstić information content (AvgIpc) is 3.31. The van der Waals surface area contributed by atoms with Gasteiger partial charge in [-0.1, -0.05) is 0 Å². The Balaban J connectivity index is 1.49. The lowest BCUT2D eigenvalue weighted by Gasteiger charge is -2.25. The minimum atomic E-state index is -1.63. The first-order chi connectivity index (χ1) is 13.3. The normalized spacial score (nSPS) is 21.4. The van der Waals surface area contributed by atoms with E-state index in [-0.39, 0.29) is 23.8 Å². The molecule has 9 nitrogen and oxygen atoms in total. The summed E-state index contributed by atoms with van der Waals surface area (Å²) in [5.74, 6) is -5.78. The maximum absolute atomic E-state index is 13.3. The van der Waals surface area contributed by atoms with Gasteiger partial charge in [0.05, 0.1) is 18.4 Å². The molecule has 3 N–H and O–H groups in total. The van der Waals surface area contributed by atoms with Crippen LogP contribution in [0.1, 0.15) is 23.3 Å². The van der Waals surface area contributed by atoms with Crippen LogP contribution >= 0.6 is 0 Å². The topological polar surface area (TPSA) is 118 Å². The molecule has 1 aliphatic heterocycles. The van der Waals surface area contributed by atoms with Crippen molar-refractivity contribution in [2.75, 3.05) is 6.54 Å². The first-order valence-corrected chi connectivity index (χ1v) is 8.29. The SMILES string of the molecule is O=C1NC(=O)[C@](CNC(=O)c2cnn(-c3cc(F)c(F)c(F)c3)n2)(C2CC2)N1. The second kappa shape index (κ2) is 6.32. The van der Waals surface area contributed by atoms with Gasteiger partial charge in [-0.15, -0.1) is 5.10 Å². The summed E-state index contributed by atoms with van der Waals surface area (Å²) in [6, 6.07) is 0.735. The number of nitrogens with zero attached hydrogens (tertiary/aromatic N) is 3. The molecule has 4 rings (SSSR count). The first kappa shape index (κ1) is 17.9. The first-order valence-electron chi connectivity index (χ1n) is 8.29. The summed E-state index contributed by atoms with van der Waals surface area (Å²) in [5.41, 5.74) is -1.63. The number of carbonyl (C=O) groups excluding carboxylic acids is 3. The van der Waals surface area contributed by atoms with Gasteiger partial charge in [0.2, 0.25) is 0 Å². The fourth-order valence-corrected chi connectivity index (χ4v) is 3.10. The zero-order valence-electron chi connectivity index (χ0n) is 14.1. The Hall–Kier alpha value is -3.44. The molecule has 0 bridgehead atoms. The van der Waals surface area contributed by atoms with Crippen molar-refractivity contribution in [2.24, 2.45) is 5.92 Å². The van der Waals surface area contributed by atoms with Gasteiger partial charge in [0.15, 0.2) is 23.1 Å². The van der Waals surface area contributed by atoms with Crippen LogP contribution in [0.2, 0.25) is 0 Å². The Bertz CT molecular complexity index is 982. The number of rotatable bonds is 5. The third-order valence-corrected chi connectivity index (χ3v) is 4.69. The van der Waals surface area contributed by atoms with Crippen LogP contribution in [0.15, 0.2) is 18.3 Å². The Morgan fingerprint density at radius 3 is 2.50 bits per heavy atom. The molecule has 1 saturated heterocycles. The van der Waals surface area contributed by atoms with Gasteiger partial charge in [-0.25, -0.2) is 18.0 Å². The van der Waals surface area contributed by atoms with E-state index in [0.29, 0.717) is 12.1 Å². The van der Waals surface area contributed by atoms with E-state index in [0.717, 1.165) is 23.8 Å². The van der Waals surface area contributed by atoms with Gasteiger partial charge in [0, 0.05) is 12.1 Å². The van der Waals surface area contributed by atoms with E-state index >= 15 is 0 Å². The molecule has 146 valence electrons. The van der Waals surface area contributed by atoms with E-state index in [9.17, 15) is 27.6 Å². The van der Waals surface area contributed by atoms with Crippen molar-refractivity contribution in [1.82, 2.24) is 30.9 Å². The van der Waals surface area contributed by atoms with Gasteiger partial charge in [0.1, 0.15) is 5.54 Å². The summed E-state index contributed by atoms with van der Waals surface area (Å²) in [5, 5.41) is 14.8. The van der Waals surface area contributed by atoms with Crippen molar-refractivity contribution >= 4 is 17.8 Å². The lowest BCUT2D eigenvalue weighted by molar-refractivity contribution is -0.124. The number of aromatic nitrogens is 3. The Labute approximate surface area is 155 Å². The van der Waals surface area contributed by atoms with Gasteiger partial charge in [-0.3, -0.25) is 14.9 Å². The second-order valence-corrected chi connectivity index (χ2v) is 6.58. The molecule has 0 radical (unpaired) electrons. The summed E-state index contributed by atoms with van der Waals surface area (Å²) in [7, 11) is 0. The Morgan fingerprint density at radius 1 is 1.25 bits per heavy atom. The van der Waals surface area contributed by atoms with Gasteiger partial charge in [-0.2, -0.15) is 9.90 Å². The van der Waals surface area contributed by atoms with Gasteiger partial charge < -0.3 is 10.6 Å². The highest BCUT2D eigenvalue weighted by atomic mass is 19.2. The highest BCUT2D eigenvalue weighted by Crippen LogP contribution is 2.41. The highest BCUT2D eigenvalue weighted by Gasteiger charge is 2.56. The van der Waals surface area contributed by atoms with Crippen LogP contribution in [0.4, 0.5) is 18.0 Å². The summed E-state index contributed by atoms with van der Waals surface area (Å²) < 4.78 is 39.7. The standard InChI is InChI=1S/C16H13F3N6O3/c17-9-3-8(4-10(18)12(9)19)25-21-5-11(24-25)13(26)20-6-16(7-1-2-7)14(27)22-15(28)23-16/h3-5,7H,1-2,6H2,(H,20,26)(H2,22,23,27,28)/t16-/m0/s1. The molecule has 2 aliphatic rings. The molecule has 12 heteroatoms. The second-order valence-electron chi connectivity index (χ2n) is 6.58. The van der Waals surface area contributed by atoms with E-state index in [4.69, 9.17) is 0 Å². The number of benzene rings is 1. The van der Waals surface area contributed by atoms with Crippen LogP contribution in [0.5, 0.6) is 0 Å². The zero-order valence-corrected chi connectivity index (χ0v) is 14.1. The molecular formula is C16H13F3N6O3. The predicted octanol–water partition coefficient (Wildman–Crippen LogP) is 0.403. The summed E-state index contributed by atoms with van der Waals surface area (Å²) in [6.07, 6.45) is 2.52. The number of carbonyl (C=O) groups is 3. The van der Waals surface area contributed by atoms with Gasteiger partial charge in [-0.05, 0) is 18.8 Å². The number of hydrogen-bond donors (Lipinski definition) is 3. The Kier molecular flexibility index (Phi) is 4.05. The van der Waals surface area contributed by atoms with Crippen molar-refractivity contribution < 1.29 is 27.6 Å². The van der Waals surface area contributed by atoms with Gasteiger partial charge in [0.25, 0.3) is 11.8 Å². The maximum Gasteiger partial charge on any atom is 0.322 e. The van der Waals surface area contributed by atoms with Crippen LogP contribution in [-0.4, -0.2) is 44.9 Å². The van der Waals surface area contributed by atoms with Crippen LogP contribution in [0.25, 0.3) is 5.69 Å². The molecular weight excluding hydrogens is 381 g/mol. The van der Waals surface area contributed by atoms with E-state index in [1.807, 2.05) is 0 Å². The fraction of sp³-hybridized carbons (Fsp3) is 0.312. The monoisotopic (exact) mass is 394 g/mol. The van der Waals surface area contributed by atoms with E-state index in [1.54, 1.807) is 0 Å². The molecule has 2 fully saturated rings. The lowest BCUT2D eigenvalue weighted by Crippen LogP contribution is -2.57. The third-order valence-electron chi connectivity index (χ3n) is 4.69. The quantitative estimate of drug-likeness (QED) is 0.501. The van der Waals surface area contributed by atoms with E-state index in [1.165, 1.54) is 0 Å². The Morgan fingerprint density at radius 2 is 1.93 bits per heavy atom. The van der Waals surface area contributed by atoms with E-state index in [2.05, 4.69) is 26.1 Å². The molecule has 0 spiro atoms. The van der Waals surface area contributed by atoms with Crippen molar-refractivity contribution in [3.05, 3.63) is 41.5 Å². The molecule has 2 heterocycles. The number of hydrogen-bond acceptors (Lipinski definition) is 5. The van der Waals surface area contributed by atoms with Crippen molar-refractivity contribution in [2.45, 2.75) is 18.4 Å². The smallest absolute Gasteiger partial charge is 0.322 e. The average molecular weight is 394 g/mol. The van der Waals surface area contributed by atoms with Crippen LogP contribution in [-0.2, 0) is 4.79 Å². The number of imide groups is 1. The van der Waals surface area contributed by atoms with Crippen molar-refractivity contribution in [1.29, 1.82) is 0 Å². The summed E-state index contributed by atoms with van der Waals surface area (Å²) in [6.45, 7) is -0.152. The van der Waals surface area contributed by atoms with E-state index < -0.39 is 40.8 Å². The van der Waals surface area contributed by atoms with Crippen LogP contribution < -0.4 is 16.0 Å². The predicted molar refractivity (Wildman–Crippen MR) is 85.7 cm³/mol. The largest absolute Gasteiger partial charge is 0.348 e. The number of urea groups is 1. The fourth-order valence-electron chi connectivity index (χ4n) is 3.10. The maximum atomic E-state index is 13.3. The molecule has 0 unspecified atom stereocenters. The molecule has 4 amide bonds. The molecule has 28 heavy (non-hydrogen) atoms. The molecule has 1 aliphatic carbocycles. The summed E-state index contributed by atoms with van der Waals surface area (Å²) in [4.78, 5) is 36.7. The summed E-state index contributed by atoms with van der Waals surface area (Å²) >= 11 is 0. The molecule has 2 aromatic rings. The van der Waals surface area contributed by atoms with Gasteiger partial charge >= 0.3 is 6.03 Å². The minimum absolute atomic E-state index is 0.0832. The molecule has 1 atom stereocenters. The number of halogens is 3. The molecule has 1 saturated carbocycles. The van der Waals surface area contributed by atoms with Crippen molar-refractivity contribution in [3.8, 4) is 5.69 Å². The number of nitrogens with one attached hydrogen (secondary N) is 3. The lowest BCUT2D eigenvalue weighted by atomic mass is 9.93. The van der Waals surface area contributed by atoms with Crippen LogP contribution in [0.3, 0.4) is 0 Å². The zero-order chi connectivity index (χ0) is 20.1. The molecule has 1 aromatic heterocycles. The third kappa shape index (κ3) is 2.96. The highest BCUT2D eigenvalue weighted by molar-refractivity contribution is 6.08. The van der Waals surface area contributed by atoms with Crippen molar-refractivity contribution in [3.63, 3.8) is 0 Å². The van der Waals surface area contributed by atoms with Crippen LogP contribution in [0, 0.1) is 23.4 Å².